The first kappa shape index (κ1) is 16.2. The van der Waals surface area contributed by atoms with E-state index in [2.05, 4.69) is 10.3 Å². The second kappa shape index (κ2) is 6.81. The zero-order valence-electron chi connectivity index (χ0n) is 12.1. The van der Waals surface area contributed by atoms with Crippen molar-refractivity contribution in [3.63, 3.8) is 0 Å². The van der Waals surface area contributed by atoms with Crippen LogP contribution >= 0.6 is 22.9 Å². The van der Waals surface area contributed by atoms with Gasteiger partial charge in [0, 0.05) is 17.2 Å². The molecule has 1 heterocycles. The maximum Gasteiger partial charge on any atom is 0.270 e. The molecule has 0 atom stereocenters. The zero-order chi connectivity index (χ0) is 17.1. The molecule has 0 fully saturated rings. The molecular formula is C15H10ClN3O4S. The summed E-state index contributed by atoms with van der Waals surface area (Å²) in [5.74, 6) is 0.146. The zero-order valence-corrected chi connectivity index (χ0v) is 13.6. The van der Waals surface area contributed by atoms with E-state index in [1.807, 2.05) is 0 Å². The predicted octanol–water partition coefficient (Wildman–Crippen LogP) is 3.88. The maximum absolute atomic E-state index is 11.9. The molecule has 9 heteroatoms. The Labute approximate surface area is 145 Å². The highest BCUT2D eigenvalue weighted by Crippen LogP contribution is 2.29. The molecule has 0 saturated heterocycles. The van der Waals surface area contributed by atoms with Crippen LogP contribution in [0.3, 0.4) is 0 Å². The molecule has 1 N–H and O–H groups in total. The number of thiazole rings is 1. The van der Waals surface area contributed by atoms with Gasteiger partial charge in [-0.3, -0.25) is 20.2 Å². The summed E-state index contributed by atoms with van der Waals surface area (Å²) < 4.78 is 5.96. The Hall–Kier alpha value is -2.71. The number of ether oxygens (including phenoxy) is 1. The average molecular weight is 364 g/mol. The lowest BCUT2D eigenvalue weighted by atomic mass is 10.3. The normalized spacial score (nSPS) is 10.5. The standard InChI is InChI=1S/C15H10ClN3O4S/c16-9-1-4-11(5-2-9)23-8-14(20)18-15-17-12-6-3-10(19(21)22)7-13(12)24-15/h1-7H,8H2,(H,17,18,20). The second-order valence-electron chi connectivity index (χ2n) is 4.72. The quantitative estimate of drug-likeness (QED) is 0.548. The summed E-state index contributed by atoms with van der Waals surface area (Å²) in [6.45, 7) is -0.183. The molecule has 1 aromatic heterocycles. The highest BCUT2D eigenvalue weighted by Gasteiger charge is 2.12. The number of fused-ring (bicyclic) bond motifs is 1. The van der Waals surface area contributed by atoms with Gasteiger partial charge in [0.1, 0.15) is 5.75 Å². The van der Waals surface area contributed by atoms with Gasteiger partial charge in [-0.25, -0.2) is 4.98 Å². The van der Waals surface area contributed by atoms with E-state index in [0.29, 0.717) is 26.1 Å². The predicted molar refractivity (Wildman–Crippen MR) is 91.9 cm³/mol. The summed E-state index contributed by atoms with van der Waals surface area (Å²) >= 11 is 6.93. The number of nitro benzene ring substituents is 1. The van der Waals surface area contributed by atoms with E-state index in [1.54, 1.807) is 30.3 Å². The Balaban J connectivity index is 1.64. The number of halogens is 1. The number of carbonyl (C=O) groups excluding carboxylic acids is 1. The second-order valence-corrected chi connectivity index (χ2v) is 6.19. The maximum atomic E-state index is 11.9. The summed E-state index contributed by atoms with van der Waals surface area (Å²) in [5, 5.41) is 14.3. The Kier molecular flexibility index (Phi) is 4.59. The van der Waals surface area contributed by atoms with Crippen molar-refractivity contribution in [1.29, 1.82) is 0 Å². The fraction of sp³-hybridized carbons (Fsp3) is 0.0667. The van der Waals surface area contributed by atoms with Crippen molar-refractivity contribution in [2.24, 2.45) is 0 Å². The molecule has 2 aromatic carbocycles. The number of amides is 1. The van der Waals surface area contributed by atoms with Crippen molar-refractivity contribution in [3.05, 3.63) is 57.6 Å². The summed E-state index contributed by atoms with van der Waals surface area (Å²) in [6, 6.07) is 11.0. The van der Waals surface area contributed by atoms with Gasteiger partial charge in [-0.1, -0.05) is 22.9 Å². The molecule has 24 heavy (non-hydrogen) atoms. The van der Waals surface area contributed by atoms with Crippen LogP contribution in [-0.2, 0) is 4.79 Å². The lowest BCUT2D eigenvalue weighted by Crippen LogP contribution is -2.19. The summed E-state index contributed by atoms with van der Waals surface area (Å²) in [5.41, 5.74) is 0.564. The van der Waals surface area contributed by atoms with Gasteiger partial charge in [0.2, 0.25) is 0 Å². The van der Waals surface area contributed by atoms with E-state index < -0.39 is 4.92 Å². The lowest BCUT2D eigenvalue weighted by molar-refractivity contribution is -0.384. The Bertz CT molecular complexity index is 911. The van der Waals surface area contributed by atoms with Crippen molar-refractivity contribution in [2.75, 3.05) is 11.9 Å². The molecule has 0 aliphatic carbocycles. The minimum atomic E-state index is -0.475. The van der Waals surface area contributed by atoms with E-state index in [-0.39, 0.29) is 18.2 Å². The van der Waals surface area contributed by atoms with E-state index in [0.717, 1.165) is 11.3 Å². The molecule has 1 amide bonds. The van der Waals surface area contributed by atoms with Crippen molar-refractivity contribution >= 4 is 49.9 Å². The molecule has 3 aromatic rings. The van der Waals surface area contributed by atoms with Crippen molar-refractivity contribution in [1.82, 2.24) is 4.98 Å². The highest BCUT2D eigenvalue weighted by atomic mass is 35.5. The summed E-state index contributed by atoms with van der Waals surface area (Å²) in [4.78, 5) is 26.4. The number of anilines is 1. The van der Waals surface area contributed by atoms with Crippen molar-refractivity contribution in [2.45, 2.75) is 0 Å². The van der Waals surface area contributed by atoms with Crippen LogP contribution in [0.5, 0.6) is 5.75 Å². The van der Waals surface area contributed by atoms with Crippen LogP contribution in [0.15, 0.2) is 42.5 Å². The molecule has 0 aliphatic heterocycles. The number of nitrogens with one attached hydrogen (secondary N) is 1. The van der Waals surface area contributed by atoms with Crippen molar-refractivity contribution < 1.29 is 14.5 Å². The first-order chi connectivity index (χ1) is 11.5. The third-order valence-corrected chi connectivity index (χ3v) is 4.20. The van der Waals surface area contributed by atoms with Crippen LogP contribution in [0.4, 0.5) is 10.8 Å². The van der Waals surface area contributed by atoms with Crippen LogP contribution in [0.25, 0.3) is 10.2 Å². The number of carbonyl (C=O) groups is 1. The Morgan fingerprint density at radius 3 is 2.75 bits per heavy atom. The third kappa shape index (κ3) is 3.79. The van der Waals surface area contributed by atoms with Gasteiger partial charge in [0.15, 0.2) is 11.7 Å². The molecule has 0 unspecified atom stereocenters. The largest absolute Gasteiger partial charge is 0.484 e. The van der Waals surface area contributed by atoms with Crippen LogP contribution in [0.2, 0.25) is 5.02 Å². The molecular weight excluding hydrogens is 354 g/mol. The van der Waals surface area contributed by atoms with Gasteiger partial charge in [0.05, 0.1) is 15.1 Å². The lowest BCUT2D eigenvalue weighted by Gasteiger charge is -2.05. The van der Waals surface area contributed by atoms with Crippen LogP contribution in [0.1, 0.15) is 0 Å². The number of rotatable bonds is 5. The molecule has 122 valence electrons. The minimum Gasteiger partial charge on any atom is -0.484 e. The number of aromatic nitrogens is 1. The van der Waals surface area contributed by atoms with Gasteiger partial charge >= 0.3 is 0 Å². The molecule has 0 saturated carbocycles. The monoisotopic (exact) mass is 363 g/mol. The van der Waals surface area contributed by atoms with Gasteiger partial charge in [-0.05, 0) is 30.3 Å². The number of nitro groups is 1. The van der Waals surface area contributed by atoms with Crippen molar-refractivity contribution in [3.8, 4) is 5.75 Å². The number of nitrogens with zero attached hydrogens (tertiary/aromatic N) is 2. The fourth-order valence-corrected chi connectivity index (χ4v) is 2.96. The Morgan fingerprint density at radius 1 is 1.29 bits per heavy atom. The molecule has 3 rings (SSSR count). The molecule has 0 radical (unpaired) electrons. The molecule has 0 spiro atoms. The van der Waals surface area contributed by atoms with Crippen LogP contribution < -0.4 is 10.1 Å². The fourth-order valence-electron chi connectivity index (χ4n) is 1.92. The van der Waals surface area contributed by atoms with E-state index >= 15 is 0 Å². The summed E-state index contributed by atoms with van der Waals surface area (Å²) in [6.07, 6.45) is 0. The topological polar surface area (TPSA) is 94.4 Å². The van der Waals surface area contributed by atoms with E-state index in [4.69, 9.17) is 16.3 Å². The van der Waals surface area contributed by atoms with Gasteiger partial charge < -0.3 is 4.74 Å². The van der Waals surface area contributed by atoms with E-state index in [9.17, 15) is 14.9 Å². The first-order valence-corrected chi connectivity index (χ1v) is 7.94. The number of hydrogen-bond acceptors (Lipinski definition) is 6. The number of non-ortho nitro benzene ring substituents is 1. The summed E-state index contributed by atoms with van der Waals surface area (Å²) in [7, 11) is 0. The van der Waals surface area contributed by atoms with Crippen LogP contribution in [0, 0.1) is 10.1 Å². The highest BCUT2D eigenvalue weighted by molar-refractivity contribution is 7.22. The number of benzene rings is 2. The first-order valence-electron chi connectivity index (χ1n) is 6.74. The molecule has 7 nitrogen and oxygen atoms in total. The van der Waals surface area contributed by atoms with Gasteiger partial charge in [-0.15, -0.1) is 0 Å². The minimum absolute atomic E-state index is 0.0184. The van der Waals surface area contributed by atoms with Crippen LogP contribution in [-0.4, -0.2) is 22.4 Å². The average Bonchev–Trinajstić information content (AvgIpc) is 2.95. The smallest absolute Gasteiger partial charge is 0.270 e. The van der Waals surface area contributed by atoms with E-state index in [1.165, 1.54) is 12.1 Å². The molecule has 0 aliphatic rings. The number of hydrogen-bond donors (Lipinski definition) is 1. The Morgan fingerprint density at radius 2 is 2.04 bits per heavy atom. The van der Waals surface area contributed by atoms with Gasteiger partial charge in [-0.2, -0.15) is 0 Å². The third-order valence-electron chi connectivity index (χ3n) is 3.01. The SMILES string of the molecule is O=C(COc1ccc(Cl)cc1)Nc1nc2ccc([N+](=O)[O-])cc2s1. The van der Waals surface area contributed by atoms with Gasteiger partial charge in [0.25, 0.3) is 11.6 Å². The molecule has 0 bridgehead atoms.